The van der Waals surface area contributed by atoms with E-state index in [1.54, 1.807) is 0 Å². The van der Waals surface area contributed by atoms with Crippen LogP contribution in [0.5, 0.6) is 0 Å². The number of unbranched alkanes of at least 4 members (excludes halogenated alkanes) is 2. The molecule has 0 aliphatic carbocycles. The van der Waals surface area contributed by atoms with E-state index in [0.717, 1.165) is 45.6 Å². The summed E-state index contributed by atoms with van der Waals surface area (Å²) in [5, 5.41) is 8.52. The first-order valence-electron chi connectivity index (χ1n) is 7.20. The van der Waals surface area contributed by atoms with Crippen LogP contribution >= 0.6 is 0 Å². The third-order valence-electron chi connectivity index (χ3n) is 3.75. The summed E-state index contributed by atoms with van der Waals surface area (Å²) < 4.78 is 0. The highest BCUT2D eigenvalue weighted by Crippen LogP contribution is 2.17. The van der Waals surface area contributed by atoms with Crippen LogP contribution in [-0.2, 0) is 0 Å². The first-order chi connectivity index (χ1) is 9.29. The summed E-state index contributed by atoms with van der Waals surface area (Å²) in [5.41, 5.74) is 2.68. The van der Waals surface area contributed by atoms with E-state index in [0.29, 0.717) is 6.42 Å². The second kappa shape index (κ2) is 7.16. The van der Waals surface area contributed by atoms with Gasteiger partial charge in [-0.05, 0) is 44.0 Å². The lowest BCUT2D eigenvalue weighted by atomic mass is 10.2. The molecule has 0 saturated carbocycles. The predicted molar refractivity (Wildman–Crippen MR) is 79.3 cm³/mol. The van der Waals surface area contributed by atoms with Crippen LogP contribution in [0.2, 0.25) is 0 Å². The third kappa shape index (κ3) is 4.25. The van der Waals surface area contributed by atoms with Crippen molar-refractivity contribution in [2.45, 2.75) is 26.2 Å². The number of hydrogen-bond donors (Lipinski definition) is 0. The average Bonchev–Trinajstić information content (AvgIpc) is 2.44. The maximum atomic E-state index is 8.52. The fourth-order valence-electron chi connectivity index (χ4n) is 2.59. The van der Waals surface area contributed by atoms with Crippen LogP contribution in [0.3, 0.4) is 0 Å². The summed E-state index contributed by atoms with van der Waals surface area (Å²) in [4.78, 5) is 4.99. The van der Waals surface area contributed by atoms with Gasteiger partial charge in [-0.25, -0.2) is 0 Å². The molecule has 1 aromatic carbocycles. The molecule has 1 saturated heterocycles. The van der Waals surface area contributed by atoms with Crippen molar-refractivity contribution in [1.29, 1.82) is 5.26 Å². The Morgan fingerprint density at radius 2 is 1.95 bits per heavy atom. The van der Waals surface area contributed by atoms with Gasteiger partial charge in [-0.3, -0.25) is 4.90 Å². The van der Waals surface area contributed by atoms with Crippen molar-refractivity contribution in [1.82, 2.24) is 4.90 Å². The maximum absolute atomic E-state index is 8.52. The summed E-state index contributed by atoms with van der Waals surface area (Å²) in [6.07, 6.45) is 2.88. The lowest BCUT2D eigenvalue weighted by Gasteiger charge is -2.36. The first-order valence-corrected chi connectivity index (χ1v) is 7.20. The molecule has 2 rings (SSSR count). The van der Waals surface area contributed by atoms with Gasteiger partial charge in [-0.2, -0.15) is 5.26 Å². The van der Waals surface area contributed by atoms with E-state index >= 15 is 0 Å². The molecule has 1 aliphatic heterocycles. The molecule has 1 aromatic rings. The van der Waals surface area contributed by atoms with Crippen LogP contribution in [0.15, 0.2) is 24.3 Å². The second-order valence-corrected chi connectivity index (χ2v) is 5.28. The molecule has 3 heteroatoms. The van der Waals surface area contributed by atoms with Gasteiger partial charge in [0, 0.05) is 38.3 Å². The fourth-order valence-corrected chi connectivity index (χ4v) is 2.59. The highest BCUT2D eigenvalue weighted by Gasteiger charge is 2.16. The molecule has 1 fully saturated rings. The Bertz CT molecular complexity index is 428. The first kappa shape index (κ1) is 13.9. The zero-order valence-electron chi connectivity index (χ0n) is 11.8. The van der Waals surface area contributed by atoms with Crippen LogP contribution < -0.4 is 4.90 Å². The molecular formula is C16H23N3. The van der Waals surface area contributed by atoms with Crippen molar-refractivity contribution in [3.63, 3.8) is 0 Å². The van der Waals surface area contributed by atoms with E-state index in [1.807, 2.05) is 0 Å². The fraction of sp³-hybridized carbons (Fsp3) is 0.562. The molecule has 19 heavy (non-hydrogen) atoms. The number of nitriles is 1. The minimum atomic E-state index is 0.698. The zero-order valence-corrected chi connectivity index (χ0v) is 11.8. The molecule has 0 bridgehead atoms. The molecule has 0 amide bonds. The van der Waals surface area contributed by atoms with E-state index in [2.05, 4.69) is 47.1 Å². The predicted octanol–water partition coefficient (Wildman–Crippen LogP) is 2.81. The van der Waals surface area contributed by atoms with Gasteiger partial charge < -0.3 is 4.90 Å². The molecule has 3 nitrogen and oxygen atoms in total. The number of piperazine rings is 1. The van der Waals surface area contributed by atoms with E-state index in [1.165, 1.54) is 11.3 Å². The highest BCUT2D eigenvalue weighted by atomic mass is 15.3. The zero-order chi connectivity index (χ0) is 13.5. The monoisotopic (exact) mass is 257 g/mol. The van der Waals surface area contributed by atoms with Gasteiger partial charge in [-0.15, -0.1) is 0 Å². The summed E-state index contributed by atoms with van der Waals surface area (Å²) in [5.74, 6) is 0. The molecule has 1 aliphatic rings. The van der Waals surface area contributed by atoms with E-state index < -0.39 is 0 Å². The largest absolute Gasteiger partial charge is 0.369 e. The van der Waals surface area contributed by atoms with Gasteiger partial charge in [0.25, 0.3) is 0 Å². The quantitative estimate of drug-likeness (QED) is 0.760. The van der Waals surface area contributed by atoms with Crippen molar-refractivity contribution in [3.8, 4) is 6.07 Å². The Morgan fingerprint density at radius 3 is 2.63 bits per heavy atom. The van der Waals surface area contributed by atoms with Crippen molar-refractivity contribution in [2.24, 2.45) is 0 Å². The smallest absolute Gasteiger partial charge is 0.0621 e. The number of nitrogens with zero attached hydrogens (tertiary/aromatic N) is 3. The number of anilines is 1. The van der Waals surface area contributed by atoms with E-state index in [4.69, 9.17) is 5.26 Å². The molecule has 0 aromatic heterocycles. The normalized spacial score (nSPS) is 16.3. The Labute approximate surface area is 116 Å². The SMILES string of the molecule is Cc1cccc(N2CCN(CCCCC#N)CC2)c1. The lowest BCUT2D eigenvalue weighted by molar-refractivity contribution is 0.253. The topological polar surface area (TPSA) is 30.3 Å². The lowest BCUT2D eigenvalue weighted by Crippen LogP contribution is -2.46. The Hall–Kier alpha value is -1.53. The Balaban J connectivity index is 1.75. The summed E-state index contributed by atoms with van der Waals surface area (Å²) in [6.45, 7) is 7.79. The van der Waals surface area contributed by atoms with Crippen LogP contribution in [0.1, 0.15) is 24.8 Å². The van der Waals surface area contributed by atoms with E-state index in [-0.39, 0.29) is 0 Å². The van der Waals surface area contributed by atoms with Crippen LogP contribution in [0.4, 0.5) is 5.69 Å². The summed E-state index contributed by atoms with van der Waals surface area (Å²) in [7, 11) is 0. The van der Waals surface area contributed by atoms with Crippen LogP contribution in [0, 0.1) is 18.3 Å². The Morgan fingerprint density at radius 1 is 1.16 bits per heavy atom. The van der Waals surface area contributed by atoms with Gasteiger partial charge in [0.2, 0.25) is 0 Å². The molecule has 102 valence electrons. The average molecular weight is 257 g/mol. The molecule has 0 radical (unpaired) electrons. The molecule has 0 unspecified atom stereocenters. The minimum Gasteiger partial charge on any atom is -0.369 e. The Kier molecular flexibility index (Phi) is 5.23. The van der Waals surface area contributed by atoms with Crippen molar-refractivity contribution >= 4 is 5.69 Å². The number of benzene rings is 1. The van der Waals surface area contributed by atoms with Gasteiger partial charge in [0.05, 0.1) is 6.07 Å². The number of aryl methyl sites for hydroxylation is 1. The van der Waals surface area contributed by atoms with Crippen molar-refractivity contribution in [2.75, 3.05) is 37.6 Å². The van der Waals surface area contributed by atoms with Gasteiger partial charge in [0.15, 0.2) is 0 Å². The summed E-state index contributed by atoms with van der Waals surface area (Å²) in [6, 6.07) is 11.0. The minimum absolute atomic E-state index is 0.698. The second-order valence-electron chi connectivity index (χ2n) is 5.28. The van der Waals surface area contributed by atoms with Gasteiger partial charge in [-0.1, -0.05) is 12.1 Å². The van der Waals surface area contributed by atoms with Crippen LogP contribution in [-0.4, -0.2) is 37.6 Å². The number of hydrogen-bond acceptors (Lipinski definition) is 3. The maximum Gasteiger partial charge on any atom is 0.0621 e. The molecule has 0 spiro atoms. The van der Waals surface area contributed by atoms with E-state index in [9.17, 15) is 0 Å². The van der Waals surface area contributed by atoms with Crippen LogP contribution in [0.25, 0.3) is 0 Å². The third-order valence-corrected chi connectivity index (χ3v) is 3.75. The summed E-state index contributed by atoms with van der Waals surface area (Å²) >= 11 is 0. The molecule has 0 atom stereocenters. The van der Waals surface area contributed by atoms with Crippen molar-refractivity contribution < 1.29 is 0 Å². The number of rotatable bonds is 5. The highest BCUT2D eigenvalue weighted by molar-refractivity contribution is 5.48. The van der Waals surface area contributed by atoms with Gasteiger partial charge >= 0.3 is 0 Å². The molecular weight excluding hydrogens is 234 g/mol. The molecule has 0 N–H and O–H groups in total. The van der Waals surface area contributed by atoms with Crippen molar-refractivity contribution in [3.05, 3.63) is 29.8 Å². The molecule has 1 heterocycles. The van der Waals surface area contributed by atoms with Gasteiger partial charge in [0.1, 0.15) is 0 Å². The standard InChI is InChI=1S/C16H23N3/c1-15-6-5-7-16(14-15)19-12-10-18(11-13-19)9-4-2-3-8-17/h5-7,14H,2-4,9-13H2,1H3.